The molecule has 3 heterocycles. The molecule has 1 saturated heterocycles. The van der Waals surface area contributed by atoms with Crippen molar-refractivity contribution in [3.63, 3.8) is 0 Å². The lowest BCUT2D eigenvalue weighted by molar-refractivity contribution is -0.0509. The molecule has 1 fully saturated rings. The van der Waals surface area contributed by atoms with Crippen molar-refractivity contribution in [3.05, 3.63) is 12.3 Å². The fourth-order valence-corrected chi connectivity index (χ4v) is 2.90. The molecule has 0 bridgehead atoms. The number of rotatable bonds is 4. The molecule has 0 aromatic carbocycles. The van der Waals surface area contributed by atoms with E-state index in [1.165, 1.54) is 18.9 Å². The van der Waals surface area contributed by atoms with Gasteiger partial charge in [0.1, 0.15) is 18.3 Å². The number of hydrogen-bond donors (Lipinski definition) is 3. The summed E-state index contributed by atoms with van der Waals surface area (Å²) in [5.74, 6) is 0.430. The fourth-order valence-electron chi connectivity index (χ4n) is 2.55. The van der Waals surface area contributed by atoms with Crippen LogP contribution in [-0.4, -0.2) is 68.1 Å². The standard InChI is InChI=1S/C13H17N3O5S/c1-20-11-6-3-4-16(10(6)14-13(15-11)22-2)12-9(19)8(18)7(5-17)21-12/h3-4,7-9,12,17-19H,5H2,1-2H3/t7-,8?,9?,12-/m1/s1. The molecule has 4 atom stereocenters. The number of ether oxygens (including phenoxy) is 2. The maximum Gasteiger partial charge on any atom is 0.226 e. The van der Waals surface area contributed by atoms with Gasteiger partial charge < -0.3 is 29.4 Å². The number of aromatic nitrogens is 3. The highest BCUT2D eigenvalue weighted by Crippen LogP contribution is 2.34. The molecule has 0 aliphatic carbocycles. The molecular weight excluding hydrogens is 310 g/mol. The van der Waals surface area contributed by atoms with E-state index in [4.69, 9.17) is 9.47 Å². The lowest BCUT2D eigenvalue weighted by Gasteiger charge is -2.17. The fraction of sp³-hybridized carbons (Fsp3) is 0.538. The smallest absolute Gasteiger partial charge is 0.226 e. The second-order valence-electron chi connectivity index (χ2n) is 4.91. The zero-order valence-corrected chi connectivity index (χ0v) is 12.9. The minimum absolute atomic E-state index is 0.373. The van der Waals surface area contributed by atoms with Gasteiger partial charge in [-0.05, 0) is 12.3 Å². The number of aliphatic hydroxyl groups is 3. The third kappa shape index (κ3) is 2.34. The molecule has 22 heavy (non-hydrogen) atoms. The zero-order valence-electron chi connectivity index (χ0n) is 12.1. The van der Waals surface area contributed by atoms with E-state index < -0.39 is 24.5 Å². The van der Waals surface area contributed by atoms with E-state index in [-0.39, 0.29) is 6.61 Å². The number of methoxy groups -OCH3 is 1. The van der Waals surface area contributed by atoms with Gasteiger partial charge in [-0.15, -0.1) is 0 Å². The summed E-state index contributed by atoms with van der Waals surface area (Å²) in [5.41, 5.74) is 0.533. The predicted octanol–water partition coefficient (Wildman–Crippen LogP) is -0.227. The monoisotopic (exact) mass is 327 g/mol. The largest absolute Gasteiger partial charge is 0.480 e. The number of nitrogens with zero attached hydrogens (tertiary/aromatic N) is 3. The van der Waals surface area contributed by atoms with Crippen LogP contribution in [0.5, 0.6) is 5.88 Å². The summed E-state index contributed by atoms with van der Waals surface area (Å²) in [6.07, 6.45) is -0.449. The molecule has 1 aliphatic rings. The number of fused-ring (bicyclic) bond motifs is 1. The van der Waals surface area contributed by atoms with Crippen molar-refractivity contribution < 1.29 is 24.8 Å². The van der Waals surface area contributed by atoms with Crippen LogP contribution < -0.4 is 4.74 Å². The molecular formula is C13H17N3O5S. The van der Waals surface area contributed by atoms with Crippen LogP contribution in [-0.2, 0) is 4.74 Å². The molecule has 0 spiro atoms. The Balaban J connectivity index is 2.08. The molecule has 2 unspecified atom stereocenters. The van der Waals surface area contributed by atoms with E-state index >= 15 is 0 Å². The first-order chi connectivity index (χ1) is 10.6. The first kappa shape index (κ1) is 15.5. The number of thioether (sulfide) groups is 1. The van der Waals surface area contributed by atoms with Gasteiger partial charge in [0.05, 0.1) is 19.1 Å². The number of aliphatic hydroxyl groups excluding tert-OH is 3. The molecule has 1 aliphatic heterocycles. The summed E-state index contributed by atoms with van der Waals surface area (Å²) >= 11 is 1.37. The lowest BCUT2D eigenvalue weighted by atomic mass is 10.1. The molecule has 2 aromatic heterocycles. The Morgan fingerprint density at radius 3 is 2.73 bits per heavy atom. The van der Waals surface area contributed by atoms with Crippen molar-refractivity contribution in [2.75, 3.05) is 20.0 Å². The highest BCUT2D eigenvalue weighted by Gasteiger charge is 2.43. The summed E-state index contributed by atoms with van der Waals surface area (Å²) in [4.78, 5) is 8.68. The Morgan fingerprint density at radius 2 is 2.14 bits per heavy atom. The Hall–Kier alpha value is -1.39. The van der Waals surface area contributed by atoms with Crippen molar-refractivity contribution in [2.24, 2.45) is 0 Å². The van der Waals surface area contributed by atoms with Gasteiger partial charge in [0.25, 0.3) is 0 Å². The summed E-state index contributed by atoms with van der Waals surface area (Å²) in [6, 6.07) is 1.76. The quantitative estimate of drug-likeness (QED) is 0.522. The van der Waals surface area contributed by atoms with Gasteiger partial charge in [-0.2, -0.15) is 4.98 Å². The molecule has 0 radical (unpaired) electrons. The summed E-state index contributed by atoms with van der Waals surface area (Å²) < 4.78 is 12.4. The molecule has 9 heteroatoms. The topological polar surface area (TPSA) is 110 Å². The van der Waals surface area contributed by atoms with Crippen LogP contribution in [0.1, 0.15) is 6.23 Å². The van der Waals surface area contributed by atoms with Gasteiger partial charge in [0.15, 0.2) is 17.0 Å². The Kier molecular flexibility index (Phi) is 4.24. The Morgan fingerprint density at radius 1 is 1.36 bits per heavy atom. The molecule has 0 saturated carbocycles. The van der Waals surface area contributed by atoms with E-state index in [0.717, 1.165) is 0 Å². The van der Waals surface area contributed by atoms with Crippen LogP contribution in [0.2, 0.25) is 0 Å². The minimum Gasteiger partial charge on any atom is -0.480 e. The van der Waals surface area contributed by atoms with E-state index in [1.807, 2.05) is 6.26 Å². The van der Waals surface area contributed by atoms with Crippen molar-refractivity contribution in [1.82, 2.24) is 14.5 Å². The second kappa shape index (κ2) is 6.01. The third-order valence-corrected chi connectivity index (χ3v) is 4.23. The van der Waals surface area contributed by atoms with Crippen LogP contribution in [0, 0.1) is 0 Å². The molecule has 3 rings (SSSR count). The highest BCUT2D eigenvalue weighted by molar-refractivity contribution is 7.98. The molecule has 8 nitrogen and oxygen atoms in total. The van der Waals surface area contributed by atoms with Crippen LogP contribution in [0.3, 0.4) is 0 Å². The van der Waals surface area contributed by atoms with Gasteiger partial charge in [-0.25, -0.2) is 4.98 Å². The SMILES string of the molecule is COc1nc(SC)nc2c1ccn2[C@@H]1O[C@H](CO)C(O)C1O. The van der Waals surface area contributed by atoms with Crippen molar-refractivity contribution in [1.29, 1.82) is 0 Å². The number of hydrogen-bond acceptors (Lipinski definition) is 8. The normalized spacial score (nSPS) is 28.4. The zero-order chi connectivity index (χ0) is 15.9. The lowest BCUT2D eigenvalue weighted by Crippen LogP contribution is -2.33. The summed E-state index contributed by atoms with van der Waals surface area (Å²) in [5, 5.41) is 30.4. The third-order valence-electron chi connectivity index (χ3n) is 3.68. The molecule has 120 valence electrons. The van der Waals surface area contributed by atoms with Crippen molar-refractivity contribution >= 4 is 22.8 Å². The van der Waals surface area contributed by atoms with Gasteiger partial charge in [-0.3, -0.25) is 0 Å². The van der Waals surface area contributed by atoms with Gasteiger partial charge >= 0.3 is 0 Å². The summed E-state index contributed by atoms with van der Waals surface area (Å²) in [6.45, 7) is -0.373. The first-order valence-corrected chi connectivity index (χ1v) is 7.92. The molecule has 3 N–H and O–H groups in total. The predicted molar refractivity (Wildman–Crippen MR) is 78.9 cm³/mol. The maximum absolute atomic E-state index is 10.2. The van der Waals surface area contributed by atoms with Crippen LogP contribution in [0.4, 0.5) is 0 Å². The maximum atomic E-state index is 10.2. The Bertz CT molecular complexity index is 679. The minimum atomic E-state index is -1.16. The van der Waals surface area contributed by atoms with Gasteiger partial charge in [0, 0.05) is 6.20 Å². The second-order valence-corrected chi connectivity index (χ2v) is 5.68. The average Bonchev–Trinajstić information content (AvgIpc) is 3.08. The average molecular weight is 327 g/mol. The van der Waals surface area contributed by atoms with E-state index in [2.05, 4.69) is 9.97 Å². The van der Waals surface area contributed by atoms with Gasteiger partial charge in [-0.1, -0.05) is 11.8 Å². The van der Waals surface area contributed by atoms with Crippen molar-refractivity contribution in [2.45, 2.75) is 29.7 Å². The van der Waals surface area contributed by atoms with E-state index in [0.29, 0.717) is 22.1 Å². The van der Waals surface area contributed by atoms with Crippen LogP contribution in [0.15, 0.2) is 17.4 Å². The Labute approximate surface area is 130 Å². The highest BCUT2D eigenvalue weighted by atomic mass is 32.2. The summed E-state index contributed by atoms with van der Waals surface area (Å²) in [7, 11) is 1.52. The van der Waals surface area contributed by atoms with Crippen molar-refractivity contribution in [3.8, 4) is 5.88 Å². The van der Waals surface area contributed by atoms with E-state index in [9.17, 15) is 15.3 Å². The molecule has 0 amide bonds. The van der Waals surface area contributed by atoms with Crippen LogP contribution in [0.25, 0.3) is 11.0 Å². The van der Waals surface area contributed by atoms with Crippen LogP contribution >= 0.6 is 11.8 Å². The molecule has 2 aromatic rings. The van der Waals surface area contributed by atoms with Gasteiger partial charge in [0.2, 0.25) is 5.88 Å². The first-order valence-electron chi connectivity index (χ1n) is 6.69. The van der Waals surface area contributed by atoms with E-state index in [1.54, 1.807) is 16.8 Å².